The summed E-state index contributed by atoms with van der Waals surface area (Å²) >= 11 is 6.04. The van der Waals surface area contributed by atoms with Crippen LogP contribution in [0.1, 0.15) is 31.7 Å². The van der Waals surface area contributed by atoms with Gasteiger partial charge in [0.1, 0.15) is 0 Å². The minimum atomic E-state index is -3.54. The third-order valence-electron chi connectivity index (χ3n) is 5.42. The lowest BCUT2D eigenvalue weighted by Crippen LogP contribution is -2.39. The maximum atomic E-state index is 12.9. The van der Waals surface area contributed by atoms with Crippen LogP contribution in [0.5, 0.6) is 0 Å². The molecule has 1 heterocycles. The van der Waals surface area contributed by atoms with Crippen molar-refractivity contribution in [2.75, 3.05) is 25.5 Å². The molecule has 2 aromatic rings. The van der Waals surface area contributed by atoms with Crippen molar-refractivity contribution in [3.63, 3.8) is 0 Å². The molecule has 162 valence electrons. The van der Waals surface area contributed by atoms with Gasteiger partial charge in [-0.25, -0.2) is 8.42 Å². The number of likely N-dealkylation sites (N-methyl/N-ethyl adjacent to an activating group) is 1. The molecule has 0 saturated carbocycles. The van der Waals surface area contributed by atoms with E-state index >= 15 is 0 Å². The maximum absolute atomic E-state index is 12.9. The standard InChI is InChI=1S/C22H28ClN3O3S/c1-17(25(2)16-18-8-6-9-19(23)14-18)22(27)24-20-10-7-11-21(15-20)30(28,29)26-12-4-3-5-13-26/h6-11,14-15,17H,3-5,12-13,16H2,1-2H3,(H,24,27)/t17-/m0/s1. The molecular formula is C22H28ClN3O3S. The number of amides is 1. The zero-order valence-electron chi connectivity index (χ0n) is 17.3. The molecule has 8 heteroatoms. The Morgan fingerprint density at radius 2 is 1.83 bits per heavy atom. The van der Waals surface area contributed by atoms with Gasteiger partial charge >= 0.3 is 0 Å². The number of piperidine rings is 1. The molecule has 3 rings (SSSR count). The predicted octanol–water partition coefficient (Wildman–Crippen LogP) is 3.97. The summed E-state index contributed by atoms with van der Waals surface area (Å²) in [6.07, 6.45) is 2.82. The Bertz CT molecular complexity index is 991. The molecule has 0 bridgehead atoms. The highest BCUT2D eigenvalue weighted by atomic mass is 35.5. The molecule has 0 radical (unpaired) electrons. The molecule has 0 spiro atoms. The minimum Gasteiger partial charge on any atom is -0.325 e. The third kappa shape index (κ3) is 5.60. The summed E-state index contributed by atoms with van der Waals surface area (Å²) in [7, 11) is -1.68. The second kappa shape index (κ2) is 9.92. The first-order valence-electron chi connectivity index (χ1n) is 10.1. The molecule has 1 atom stereocenters. The largest absolute Gasteiger partial charge is 0.325 e. The van der Waals surface area contributed by atoms with E-state index in [0.717, 1.165) is 24.8 Å². The quantitative estimate of drug-likeness (QED) is 0.694. The number of nitrogens with zero attached hydrogens (tertiary/aromatic N) is 2. The third-order valence-corrected chi connectivity index (χ3v) is 7.55. The van der Waals surface area contributed by atoms with Crippen LogP contribution in [0.25, 0.3) is 0 Å². The molecule has 0 aromatic heterocycles. The normalized spacial score (nSPS) is 16.4. The topological polar surface area (TPSA) is 69.7 Å². The monoisotopic (exact) mass is 449 g/mol. The number of carbonyl (C=O) groups is 1. The summed E-state index contributed by atoms with van der Waals surface area (Å²) in [5, 5.41) is 3.50. The van der Waals surface area contributed by atoms with Crippen LogP contribution in [0.3, 0.4) is 0 Å². The number of benzene rings is 2. The second-order valence-electron chi connectivity index (χ2n) is 7.70. The summed E-state index contributed by atoms with van der Waals surface area (Å²) in [5.41, 5.74) is 1.49. The van der Waals surface area contributed by atoms with E-state index < -0.39 is 16.1 Å². The zero-order valence-corrected chi connectivity index (χ0v) is 18.9. The van der Waals surface area contributed by atoms with E-state index in [1.54, 1.807) is 18.2 Å². The smallest absolute Gasteiger partial charge is 0.243 e. The number of hydrogen-bond donors (Lipinski definition) is 1. The van der Waals surface area contributed by atoms with Gasteiger partial charge in [-0.3, -0.25) is 9.69 Å². The molecule has 1 amide bonds. The van der Waals surface area contributed by atoms with Crippen molar-refractivity contribution in [2.24, 2.45) is 0 Å². The number of sulfonamides is 1. The number of halogens is 1. The average Bonchev–Trinajstić information content (AvgIpc) is 2.74. The van der Waals surface area contributed by atoms with Crippen molar-refractivity contribution in [3.05, 3.63) is 59.1 Å². The van der Waals surface area contributed by atoms with Crippen LogP contribution >= 0.6 is 11.6 Å². The Morgan fingerprint density at radius 1 is 1.13 bits per heavy atom. The number of hydrogen-bond acceptors (Lipinski definition) is 4. The molecule has 6 nitrogen and oxygen atoms in total. The SMILES string of the molecule is C[C@@H](C(=O)Nc1cccc(S(=O)(=O)N2CCCCC2)c1)N(C)Cc1cccc(Cl)c1. The fraction of sp³-hybridized carbons (Fsp3) is 0.409. The molecule has 1 N–H and O–H groups in total. The van der Waals surface area contributed by atoms with Gasteiger partial charge in [0.2, 0.25) is 15.9 Å². The molecule has 1 saturated heterocycles. The number of carbonyl (C=O) groups excluding carboxylic acids is 1. The van der Waals surface area contributed by atoms with Gasteiger partial charge in [-0.1, -0.05) is 36.2 Å². The first-order chi connectivity index (χ1) is 14.3. The van der Waals surface area contributed by atoms with Gasteiger partial charge in [-0.15, -0.1) is 0 Å². The van der Waals surface area contributed by atoms with Gasteiger partial charge in [0.25, 0.3) is 0 Å². The number of nitrogens with one attached hydrogen (secondary N) is 1. The summed E-state index contributed by atoms with van der Waals surface area (Å²) < 4.78 is 27.3. The molecule has 0 aliphatic carbocycles. The van der Waals surface area contributed by atoms with E-state index in [-0.39, 0.29) is 10.8 Å². The molecule has 1 aliphatic heterocycles. The van der Waals surface area contributed by atoms with E-state index in [4.69, 9.17) is 11.6 Å². The first-order valence-corrected chi connectivity index (χ1v) is 11.9. The van der Waals surface area contributed by atoms with Crippen LogP contribution in [-0.2, 0) is 21.4 Å². The average molecular weight is 450 g/mol. The Labute approximate surface area is 183 Å². The fourth-order valence-corrected chi connectivity index (χ4v) is 5.27. The van der Waals surface area contributed by atoms with Gasteiger partial charge in [-0.05, 0) is 62.7 Å². The number of rotatable bonds is 7. The van der Waals surface area contributed by atoms with E-state index in [1.165, 1.54) is 10.4 Å². The highest BCUT2D eigenvalue weighted by molar-refractivity contribution is 7.89. The molecule has 1 aliphatic rings. The van der Waals surface area contributed by atoms with Crippen molar-refractivity contribution in [1.29, 1.82) is 0 Å². The second-order valence-corrected chi connectivity index (χ2v) is 10.1. The highest BCUT2D eigenvalue weighted by Gasteiger charge is 2.26. The van der Waals surface area contributed by atoms with Crippen LogP contribution in [0.15, 0.2) is 53.4 Å². The minimum absolute atomic E-state index is 0.202. The van der Waals surface area contributed by atoms with Gasteiger partial charge in [0.15, 0.2) is 0 Å². The summed E-state index contributed by atoms with van der Waals surface area (Å²) in [6, 6.07) is 13.6. The summed E-state index contributed by atoms with van der Waals surface area (Å²) in [5.74, 6) is -0.202. The predicted molar refractivity (Wildman–Crippen MR) is 120 cm³/mol. The van der Waals surface area contributed by atoms with Gasteiger partial charge < -0.3 is 5.32 Å². The lowest BCUT2D eigenvalue weighted by atomic mass is 10.2. The van der Waals surface area contributed by atoms with E-state index in [2.05, 4.69) is 5.32 Å². The van der Waals surface area contributed by atoms with Crippen molar-refractivity contribution >= 4 is 33.2 Å². The van der Waals surface area contributed by atoms with E-state index in [9.17, 15) is 13.2 Å². The van der Waals surface area contributed by atoms with Crippen LogP contribution in [0.4, 0.5) is 5.69 Å². The van der Waals surface area contributed by atoms with E-state index in [0.29, 0.717) is 30.3 Å². The Hall–Kier alpha value is -1.93. The van der Waals surface area contributed by atoms with Crippen LogP contribution in [-0.4, -0.2) is 49.7 Å². The Balaban J connectivity index is 1.66. The summed E-state index contributed by atoms with van der Waals surface area (Å²) in [6.45, 7) is 3.47. The zero-order chi connectivity index (χ0) is 21.7. The van der Waals surface area contributed by atoms with Crippen LogP contribution < -0.4 is 5.32 Å². The lowest BCUT2D eigenvalue weighted by molar-refractivity contribution is -0.120. The van der Waals surface area contributed by atoms with Gasteiger partial charge in [0, 0.05) is 30.3 Å². The van der Waals surface area contributed by atoms with Crippen molar-refractivity contribution in [3.8, 4) is 0 Å². The highest BCUT2D eigenvalue weighted by Crippen LogP contribution is 2.23. The van der Waals surface area contributed by atoms with Crippen molar-refractivity contribution in [2.45, 2.75) is 43.7 Å². The molecule has 30 heavy (non-hydrogen) atoms. The lowest BCUT2D eigenvalue weighted by Gasteiger charge is -2.26. The van der Waals surface area contributed by atoms with Crippen LogP contribution in [0.2, 0.25) is 5.02 Å². The molecular weight excluding hydrogens is 422 g/mol. The van der Waals surface area contributed by atoms with Crippen LogP contribution in [0, 0.1) is 0 Å². The van der Waals surface area contributed by atoms with Crippen molar-refractivity contribution < 1.29 is 13.2 Å². The van der Waals surface area contributed by atoms with Gasteiger partial charge in [0.05, 0.1) is 10.9 Å². The van der Waals surface area contributed by atoms with E-state index in [1.807, 2.05) is 43.1 Å². The van der Waals surface area contributed by atoms with Crippen molar-refractivity contribution in [1.82, 2.24) is 9.21 Å². The first kappa shape index (κ1) is 22.7. The van der Waals surface area contributed by atoms with Gasteiger partial charge in [-0.2, -0.15) is 4.31 Å². The molecule has 2 aromatic carbocycles. The maximum Gasteiger partial charge on any atom is 0.243 e. The molecule has 1 fully saturated rings. The Kier molecular flexibility index (Phi) is 7.52. The summed E-state index contributed by atoms with van der Waals surface area (Å²) in [4.78, 5) is 14.9. The Morgan fingerprint density at radius 3 is 2.53 bits per heavy atom. The molecule has 0 unspecified atom stereocenters. The fourth-order valence-electron chi connectivity index (χ4n) is 3.50. The number of anilines is 1.